The van der Waals surface area contributed by atoms with Gasteiger partial charge in [-0.15, -0.1) is 0 Å². The lowest BCUT2D eigenvalue weighted by atomic mass is 9.32. The van der Waals surface area contributed by atoms with Crippen LogP contribution in [0.25, 0.3) is 0 Å². The normalized spacial score (nSPS) is 41.0. The Kier molecular flexibility index (Phi) is 9.74. The van der Waals surface area contributed by atoms with Crippen LogP contribution in [0, 0.1) is 50.2 Å². The number of hydrogen-bond donors (Lipinski definition) is 7. The molecule has 266 valence electrons. The molecule has 0 bridgehead atoms. The summed E-state index contributed by atoms with van der Waals surface area (Å²) in [6.07, 6.45) is 3.09. The molecule has 47 heavy (non-hydrogen) atoms. The van der Waals surface area contributed by atoms with E-state index in [1.807, 2.05) is 0 Å². The number of carboxylic acids is 3. The second-order valence-electron chi connectivity index (χ2n) is 17.3. The molecule has 0 aromatic carbocycles. The van der Waals surface area contributed by atoms with Gasteiger partial charge in [-0.3, -0.25) is 9.59 Å². The monoisotopic (exact) mass is 664 g/mol. The van der Waals surface area contributed by atoms with Crippen molar-refractivity contribution >= 4 is 23.7 Å². The van der Waals surface area contributed by atoms with E-state index < -0.39 is 47.7 Å². The Hall–Kier alpha value is -2.34. The van der Waals surface area contributed by atoms with E-state index in [-0.39, 0.29) is 27.1 Å². The van der Waals surface area contributed by atoms with Crippen molar-refractivity contribution in [1.82, 2.24) is 0 Å². The first-order chi connectivity index (χ1) is 21.4. The molecule has 0 radical (unpaired) electrons. The lowest BCUT2D eigenvalue weighted by Crippen LogP contribution is -2.65. The van der Waals surface area contributed by atoms with Crippen LogP contribution in [0.3, 0.4) is 0 Å². The maximum Gasteiger partial charge on any atom is 0.335 e. The van der Waals surface area contributed by atoms with Crippen LogP contribution >= 0.6 is 0 Å². The second kappa shape index (κ2) is 12.2. The molecule has 0 saturated heterocycles. The molecular weight excluding hydrogens is 608 g/mol. The maximum absolute atomic E-state index is 12.9. The number of aliphatic hydroxyl groups is 4. The molecule has 11 atom stereocenters. The van der Waals surface area contributed by atoms with Crippen LogP contribution in [-0.2, 0) is 19.2 Å². The number of hydrogen-bond acceptors (Lipinski definition) is 8. The Labute approximate surface area is 277 Å². The van der Waals surface area contributed by atoms with Gasteiger partial charge in [0.2, 0.25) is 0 Å². The smallest absolute Gasteiger partial charge is 0.335 e. The number of aliphatic carboxylic acids is 3. The molecule has 5 aliphatic carbocycles. The van der Waals surface area contributed by atoms with Crippen molar-refractivity contribution in [2.24, 2.45) is 50.2 Å². The molecule has 4 fully saturated rings. The molecule has 11 nitrogen and oxygen atoms in total. The first-order valence-electron chi connectivity index (χ1n) is 17.1. The summed E-state index contributed by atoms with van der Waals surface area (Å²) in [7, 11) is 0. The highest BCUT2D eigenvalue weighted by Gasteiger charge is 2.69. The number of carbonyl (C=O) groups is 4. The van der Waals surface area contributed by atoms with Crippen LogP contribution in [0.5, 0.6) is 0 Å². The lowest BCUT2D eigenvalue weighted by Gasteiger charge is -2.71. The van der Waals surface area contributed by atoms with Crippen molar-refractivity contribution < 1.29 is 54.9 Å². The van der Waals surface area contributed by atoms with Gasteiger partial charge in [-0.2, -0.15) is 0 Å². The van der Waals surface area contributed by atoms with Gasteiger partial charge >= 0.3 is 17.9 Å². The fraction of sp³-hybridized carbons (Fsp3) is 0.833. The number of rotatable bonds is 6. The average molecular weight is 665 g/mol. The highest BCUT2D eigenvalue weighted by molar-refractivity contribution is 5.85. The van der Waals surface area contributed by atoms with E-state index in [4.69, 9.17) is 30.6 Å². The summed E-state index contributed by atoms with van der Waals surface area (Å²) in [5.41, 5.74) is 1.06. The topological polar surface area (TPSA) is 210 Å². The van der Waals surface area contributed by atoms with Gasteiger partial charge in [-0.25, -0.2) is 9.59 Å². The third-order valence-corrected chi connectivity index (χ3v) is 14.3. The lowest BCUT2D eigenvalue weighted by molar-refractivity contribution is -0.213. The van der Waals surface area contributed by atoms with E-state index in [0.29, 0.717) is 23.5 Å². The van der Waals surface area contributed by atoms with E-state index in [2.05, 4.69) is 54.5 Å². The van der Waals surface area contributed by atoms with E-state index in [9.17, 15) is 24.3 Å². The second-order valence-corrected chi connectivity index (χ2v) is 17.3. The maximum atomic E-state index is 12.9. The Bertz CT molecular complexity index is 1300. The Morgan fingerprint density at radius 2 is 1.21 bits per heavy atom. The number of carbonyl (C=O) groups excluding carboxylic acids is 1. The zero-order valence-corrected chi connectivity index (χ0v) is 29.0. The van der Waals surface area contributed by atoms with Gasteiger partial charge in [0, 0.05) is 11.8 Å². The van der Waals surface area contributed by atoms with Crippen LogP contribution in [0.1, 0.15) is 113 Å². The molecule has 5 rings (SSSR count). The standard InChI is InChI=1S/C30H46O3.C6H10O8/c1-25(2)14-16-30(24(32)33)17-15-28(6)19(20(30)18-25)8-9-22-27(5)12-11-23(31)26(3,4)21(27)10-13-29(22,28)7;7-1(3(9)5(11)12)2(8)4(10)6(13)14/h18-19,21-22H,8-17H2,1-7H3,(H,32,33);1-4,7-10H,(H,11,12)(H,13,14)/t19-,21+,22-,27+,28-,29-,30+;1-,2-,3-,4+/m10/s1. The molecular formula is C36H56O11. The van der Waals surface area contributed by atoms with Crippen molar-refractivity contribution in [1.29, 1.82) is 0 Å². The Balaban J connectivity index is 0.000000304. The van der Waals surface area contributed by atoms with Crippen LogP contribution in [0.4, 0.5) is 0 Å². The molecule has 5 aliphatic rings. The van der Waals surface area contributed by atoms with Gasteiger partial charge < -0.3 is 35.7 Å². The predicted octanol–water partition coefficient (Wildman–Crippen LogP) is 4.04. The zero-order chi connectivity index (χ0) is 35.7. The molecule has 7 N–H and O–H groups in total. The summed E-state index contributed by atoms with van der Waals surface area (Å²) in [5.74, 6) is -2.33. The summed E-state index contributed by atoms with van der Waals surface area (Å²) < 4.78 is 0. The first kappa shape index (κ1) is 37.5. The number of fused-ring (bicyclic) bond motifs is 7. The van der Waals surface area contributed by atoms with E-state index in [0.717, 1.165) is 51.4 Å². The van der Waals surface area contributed by atoms with Crippen molar-refractivity contribution in [3.8, 4) is 0 Å². The fourth-order valence-electron chi connectivity index (χ4n) is 11.2. The minimum Gasteiger partial charge on any atom is -0.481 e. The molecule has 11 heteroatoms. The molecule has 4 saturated carbocycles. The largest absolute Gasteiger partial charge is 0.481 e. The van der Waals surface area contributed by atoms with E-state index >= 15 is 0 Å². The van der Waals surface area contributed by atoms with Crippen molar-refractivity contribution in [3.05, 3.63) is 11.6 Å². The molecule has 0 aromatic heterocycles. The highest BCUT2D eigenvalue weighted by Crippen LogP contribution is 2.76. The zero-order valence-electron chi connectivity index (χ0n) is 29.0. The summed E-state index contributed by atoms with van der Waals surface area (Å²) in [5, 5.41) is 61.9. The number of allylic oxidation sites excluding steroid dienone is 1. The molecule has 0 amide bonds. The Morgan fingerprint density at radius 3 is 1.72 bits per heavy atom. The average Bonchev–Trinajstić information content (AvgIpc) is 2.97. The summed E-state index contributed by atoms with van der Waals surface area (Å²) in [4.78, 5) is 45.8. The van der Waals surface area contributed by atoms with Gasteiger partial charge in [0.05, 0.1) is 5.41 Å². The van der Waals surface area contributed by atoms with Gasteiger partial charge in [0.1, 0.15) is 18.0 Å². The minimum atomic E-state index is -2.36. The van der Waals surface area contributed by atoms with Crippen molar-refractivity contribution in [2.45, 2.75) is 137 Å². The van der Waals surface area contributed by atoms with Crippen LogP contribution < -0.4 is 0 Å². The minimum absolute atomic E-state index is 0.0850. The van der Waals surface area contributed by atoms with Crippen molar-refractivity contribution in [3.63, 3.8) is 0 Å². The van der Waals surface area contributed by atoms with Gasteiger partial charge in [0.25, 0.3) is 0 Å². The summed E-state index contributed by atoms with van der Waals surface area (Å²) in [6.45, 7) is 16.6. The third-order valence-electron chi connectivity index (χ3n) is 14.3. The molecule has 0 unspecified atom stereocenters. The molecule has 0 aromatic rings. The summed E-state index contributed by atoms with van der Waals surface area (Å²) in [6, 6.07) is 0. The van der Waals surface area contributed by atoms with Crippen LogP contribution in [0.2, 0.25) is 0 Å². The predicted molar refractivity (Wildman–Crippen MR) is 171 cm³/mol. The fourth-order valence-corrected chi connectivity index (χ4v) is 11.2. The quantitative estimate of drug-likeness (QED) is 0.202. The van der Waals surface area contributed by atoms with Crippen molar-refractivity contribution in [2.75, 3.05) is 0 Å². The van der Waals surface area contributed by atoms with Crippen LogP contribution in [0.15, 0.2) is 11.6 Å². The van der Waals surface area contributed by atoms with E-state index in [1.165, 1.54) is 18.4 Å². The number of carboxylic acid groups (broad SMARTS) is 3. The van der Waals surface area contributed by atoms with E-state index in [1.54, 1.807) is 0 Å². The van der Waals surface area contributed by atoms with Gasteiger partial charge in [-0.1, -0.05) is 60.1 Å². The Morgan fingerprint density at radius 1 is 0.681 bits per heavy atom. The highest BCUT2D eigenvalue weighted by atomic mass is 16.4. The van der Waals surface area contributed by atoms with Gasteiger partial charge in [0.15, 0.2) is 12.2 Å². The molecule has 0 spiro atoms. The van der Waals surface area contributed by atoms with Gasteiger partial charge in [-0.05, 0) is 97.2 Å². The summed E-state index contributed by atoms with van der Waals surface area (Å²) >= 11 is 0. The molecule has 0 heterocycles. The molecule has 0 aliphatic heterocycles. The van der Waals surface area contributed by atoms with Crippen LogP contribution in [-0.4, -0.2) is 83.9 Å². The third kappa shape index (κ3) is 5.76. The first-order valence-corrected chi connectivity index (χ1v) is 17.1. The number of aliphatic hydroxyl groups excluding tert-OH is 4. The number of Topliss-reactive ketones (excluding diaryl/α,β-unsaturated/α-hetero) is 1. The number of ketones is 1. The SMILES string of the molecule is CC1(C)C=C2[C@H]3CC[C@@H]4[C@@]5(C)CCC(=O)C(C)(C)[C@@H]5CC[C@@]4(C)[C@]3(C)CC[C@@]2(C(=O)O)CC1.O=C(O)[C@@H](O)[C@@H](O)[C@H](O)[C@@H](O)C(=O)O.